The van der Waals surface area contributed by atoms with E-state index in [1.54, 1.807) is 0 Å². The highest BCUT2D eigenvalue weighted by atomic mass is 19.1. The van der Waals surface area contributed by atoms with E-state index in [0.717, 1.165) is 6.29 Å². The van der Waals surface area contributed by atoms with Crippen molar-refractivity contribution < 1.29 is 19.2 Å². The SMILES string of the molecule is O=CC1CCC(F)C(B(O)O)C1. The third kappa shape index (κ3) is 2.05. The molecule has 0 aliphatic heterocycles. The second kappa shape index (κ2) is 4.00. The zero-order valence-electron chi connectivity index (χ0n) is 6.69. The fraction of sp³-hybridized carbons (Fsp3) is 0.857. The Morgan fingerprint density at radius 3 is 2.58 bits per heavy atom. The van der Waals surface area contributed by atoms with Crippen LogP contribution >= 0.6 is 0 Å². The predicted molar refractivity (Wildman–Crippen MR) is 42.2 cm³/mol. The summed E-state index contributed by atoms with van der Waals surface area (Å²) in [6.07, 6.45) is 0.615. The number of hydrogen-bond donors (Lipinski definition) is 2. The van der Waals surface area contributed by atoms with E-state index in [-0.39, 0.29) is 18.8 Å². The van der Waals surface area contributed by atoms with Crippen molar-refractivity contribution in [1.29, 1.82) is 0 Å². The Bertz CT molecular complexity index is 165. The summed E-state index contributed by atoms with van der Waals surface area (Å²) in [5.74, 6) is -0.988. The second-order valence-corrected chi connectivity index (χ2v) is 3.30. The van der Waals surface area contributed by atoms with Crippen molar-refractivity contribution in [2.75, 3.05) is 0 Å². The van der Waals surface area contributed by atoms with Gasteiger partial charge in [0.25, 0.3) is 0 Å². The van der Waals surface area contributed by atoms with Crippen LogP contribution in [0.4, 0.5) is 4.39 Å². The van der Waals surface area contributed by atoms with Crippen molar-refractivity contribution in [3.8, 4) is 0 Å². The minimum absolute atomic E-state index is 0.205. The summed E-state index contributed by atoms with van der Waals surface area (Å²) < 4.78 is 13.0. The van der Waals surface area contributed by atoms with Crippen LogP contribution in [-0.4, -0.2) is 29.6 Å². The molecule has 1 fully saturated rings. The largest absolute Gasteiger partial charge is 0.457 e. The highest BCUT2D eigenvalue weighted by Crippen LogP contribution is 2.35. The topological polar surface area (TPSA) is 57.5 Å². The molecule has 0 bridgehead atoms. The van der Waals surface area contributed by atoms with Crippen LogP contribution in [0.15, 0.2) is 0 Å². The number of rotatable bonds is 2. The molecule has 0 aromatic carbocycles. The number of carbonyl (C=O) groups excluding carboxylic acids is 1. The predicted octanol–water partition coefficient (Wildman–Crippen LogP) is 0.166. The summed E-state index contributed by atoms with van der Waals surface area (Å²) in [4.78, 5) is 10.3. The molecule has 1 saturated carbocycles. The molecule has 0 radical (unpaired) electrons. The molecule has 0 aromatic rings. The third-order valence-corrected chi connectivity index (χ3v) is 2.43. The highest BCUT2D eigenvalue weighted by Gasteiger charge is 2.37. The molecule has 1 aliphatic rings. The average Bonchev–Trinajstić information content (AvgIpc) is 2.05. The number of alkyl halides is 1. The van der Waals surface area contributed by atoms with Crippen molar-refractivity contribution in [2.24, 2.45) is 5.92 Å². The van der Waals surface area contributed by atoms with Gasteiger partial charge in [-0.15, -0.1) is 0 Å². The maximum atomic E-state index is 13.0. The number of halogens is 1. The lowest BCUT2D eigenvalue weighted by molar-refractivity contribution is -0.112. The first-order valence-corrected chi connectivity index (χ1v) is 4.10. The van der Waals surface area contributed by atoms with Crippen molar-refractivity contribution in [1.82, 2.24) is 0 Å². The quantitative estimate of drug-likeness (QED) is 0.463. The minimum atomic E-state index is -1.64. The van der Waals surface area contributed by atoms with Gasteiger partial charge in [0.15, 0.2) is 0 Å². The zero-order valence-corrected chi connectivity index (χ0v) is 6.69. The van der Waals surface area contributed by atoms with Crippen LogP contribution < -0.4 is 0 Å². The molecule has 0 saturated heterocycles. The van der Waals surface area contributed by atoms with Crippen LogP contribution in [0.25, 0.3) is 0 Å². The molecular weight excluding hydrogens is 162 g/mol. The van der Waals surface area contributed by atoms with Gasteiger partial charge in [-0.2, -0.15) is 0 Å². The maximum Gasteiger partial charge on any atom is 0.457 e. The molecule has 0 amide bonds. The number of aldehydes is 1. The van der Waals surface area contributed by atoms with E-state index in [1.165, 1.54) is 0 Å². The van der Waals surface area contributed by atoms with E-state index in [2.05, 4.69) is 0 Å². The second-order valence-electron chi connectivity index (χ2n) is 3.30. The summed E-state index contributed by atoms with van der Waals surface area (Å²) in [7, 11) is -1.64. The molecule has 1 rings (SSSR count). The first-order chi connectivity index (χ1) is 5.65. The van der Waals surface area contributed by atoms with Gasteiger partial charge in [-0.25, -0.2) is 4.39 Å². The first kappa shape index (κ1) is 9.67. The molecule has 3 unspecified atom stereocenters. The Balaban J connectivity index is 2.52. The summed E-state index contributed by atoms with van der Waals surface area (Å²) in [6.45, 7) is 0. The van der Waals surface area contributed by atoms with Gasteiger partial charge in [-0.1, -0.05) is 0 Å². The molecular formula is C7H12BFO3. The molecule has 12 heavy (non-hydrogen) atoms. The van der Waals surface area contributed by atoms with Gasteiger partial charge < -0.3 is 14.8 Å². The lowest BCUT2D eigenvalue weighted by Crippen LogP contribution is -2.34. The van der Waals surface area contributed by atoms with Crippen molar-refractivity contribution in [3.63, 3.8) is 0 Å². The van der Waals surface area contributed by atoms with Gasteiger partial charge >= 0.3 is 7.12 Å². The number of carbonyl (C=O) groups is 1. The highest BCUT2D eigenvalue weighted by molar-refractivity contribution is 6.43. The van der Waals surface area contributed by atoms with Crippen LogP contribution in [0.3, 0.4) is 0 Å². The Morgan fingerprint density at radius 2 is 2.08 bits per heavy atom. The lowest BCUT2D eigenvalue weighted by Gasteiger charge is -2.28. The van der Waals surface area contributed by atoms with E-state index in [0.29, 0.717) is 6.42 Å². The minimum Gasteiger partial charge on any atom is -0.427 e. The lowest BCUT2D eigenvalue weighted by atomic mass is 9.62. The third-order valence-electron chi connectivity index (χ3n) is 2.43. The van der Waals surface area contributed by atoms with Crippen molar-refractivity contribution in [3.05, 3.63) is 0 Å². The Labute approximate surface area is 70.7 Å². The van der Waals surface area contributed by atoms with Crippen LogP contribution in [-0.2, 0) is 4.79 Å². The van der Waals surface area contributed by atoms with Gasteiger partial charge in [0.05, 0.1) is 0 Å². The molecule has 0 aromatic heterocycles. The van der Waals surface area contributed by atoms with E-state index in [1.807, 2.05) is 0 Å². The average molecular weight is 174 g/mol. The Hall–Kier alpha value is -0.415. The van der Waals surface area contributed by atoms with Gasteiger partial charge in [0.1, 0.15) is 12.5 Å². The van der Waals surface area contributed by atoms with Crippen molar-refractivity contribution >= 4 is 13.4 Å². The number of hydrogen-bond acceptors (Lipinski definition) is 3. The van der Waals surface area contributed by atoms with E-state index >= 15 is 0 Å². The Kier molecular flexibility index (Phi) is 3.23. The summed E-state index contributed by atoms with van der Waals surface area (Å²) in [5.41, 5.74) is 0. The maximum absolute atomic E-state index is 13.0. The zero-order chi connectivity index (χ0) is 9.14. The monoisotopic (exact) mass is 174 g/mol. The molecule has 3 nitrogen and oxygen atoms in total. The van der Waals surface area contributed by atoms with Gasteiger partial charge in [-0.05, 0) is 19.3 Å². The van der Waals surface area contributed by atoms with E-state index in [4.69, 9.17) is 10.0 Å². The molecule has 3 atom stereocenters. The molecule has 68 valence electrons. The molecule has 1 aliphatic carbocycles. The molecule has 5 heteroatoms. The molecule has 2 N–H and O–H groups in total. The summed E-state index contributed by atoms with van der Waals surface area (Å²) in [5, 5.41) is 17.5. The molecule has 0 spiro atoms. The summed E-state index contributed by atoms with van der Waals surface area (Å²) >= 11 is 0. The smallest absolute Gasteiger partial charge is 0.427 e. The van der Waals surface area contributed by atoms with Crippen molar-refractivity contribution in [2.45, 2.75) is 31.3 Å². The van der Waals surface area contributed by atoms with Crippen LogP contribution in [0.5, 0.6) is 0 Å². The Morgan fingerprint density at radius 1 is 1.42 bits per heavy atom. The van der Waals surface area contributed by atoms with Gasteiger partial charge in [-0.3, -0.25) is 0 Å². The van der Waals surface area contributed by atoms with Crippen LogP contribution in [0.2, 0.25) is 5.82 Å². The molecule has 0 heterocycles. The first-order valence-electron chi connectivity index (χ1n) is 4.10. The van der Waals surface area contributed by atoms with Crippen LogP contribution in [0.1, 0.15) is 19.3 Å². The van der Waals surface area contributed by atoms with Crippen LogP contribution in [0, 0.1) is 5.92 Å². The fourth-order valence-electron chi connectivity index (χ4n) is 1.63. The van der Waals surface area contributed by atoms with E-state index in [9.17, 15) is 9.18 Å². The van der Waals surface area contributed by atoms with E-state index < -0.39 is 19.1 Å². The fourth-order valence-corrected chi connectivity index (χ4v) is 1.63. The standard InChI is InChI=1S/C7H12BFO3/c9-7-2-1-5(4-10)3-6(7)8(11)12/h4-7,11-12H,1-3H2. The summed E-state index contributed by atoms with van der Waals surface area (Å²) in [6, 6.07) is 0. The van der Waals surface area contributed by atoms with Gasteiger partial charge in [0, 0.05) is 11.7 Å². The normalized spacial score (nSPS) is 36.1. The van der Waals surface area contributed by atoms with Gasteiger partial charge in [0.2, 0.25) is 0 Å².